The summed E-state index contributed by atoms with van der Waals surface area (Å²) >= 11 is 0. The lowest BCUT2D eigenvalue weighted by Crippen LogP contribution is -2.24. The molecule has 5 nitrogen and oxygen atoms in total. The summed E-state index contributed by atoms with van der Waals surface area (Å²) in [6, 6.07) is 18.2. The molecule has 1 aliphatic carbocycles. The van der Waals surface area contributed by atoms with Crippen LogP contribution in [0.1, 0.15) is 26.7 Å². The number of esters is 1. The summed E-state index contributed by atoms with van der Waals surface area (Å²) in [5.41, 5.74) is 6.81. The molecule has 0 atom stereocenters. The first-order chi connectivity index (χ1) is 14.5. The highest BCUT2D eigenvalue weighted by Crippen LogP contribution is 2.32. The van der Waals surface area contributed by atoms with Crippen molar-refractivity contribution >= 4 is 11.7 Å². The van der Waals surface area contributed by atoms with E-state index in [2.05, 4.69) is 31.1 Å². The summed E-state index contributed by atoms with van der Waals surface area (Å²) in [5.74, 6) is 0.262. The van der Waals surface area contributed by atoms with Crippen LogP contribution in [0.2, 0.25) is 0 Å². The van der Waals surface area contributed by atoms with Gasteiger partial charge in [-0.3, -0.25) is 0 Å². The molecule has 156 valence electrons. The molecule has 0 spiro atoms. The van der Waals surface area contributed by atoms with Crippen LogP contribution in [0.3, 0.4) is 0 Å². The summed E-state index contributed by atoms with van der Waals surface area (Å²) in [6.07, 6.45) is 1.34. The molecule has 0 unspecified atom stereocenters. The number of hydrogen-bond acceptors (Lipinski definition) is 5. The highest BCUT2D eigenvalue weighted by molar-refractivity contribution is 6.43. The Hall–Kier alpha value is -3.34. The lowest BCUT2D eigenvalue weighted by atomic mass is 9.85. The van der Waals surface area contributed by atoms with Crippen LogP contribution in [0.5, 0.6) is 5.75 Å². The Labute approximate surface area is 177 Å². The zero-order valence-electron chi connectivity index (χ0n) is 17.9. The predicted octanol–water partition coefficient (Wildman–Crippen LogP) is 5.33. The standard InChI is InChI=1S/C25H27NO4/c1-17-14-21(23(15-18(17)2)24(26-29-4)25(27)28-3)16-30-22-12-10-20(11-13-22)19-8-6-5-7-9-19/h5-13H,14-16H2,1-4H3/b26-24-. The molecule has 0 saturated heterocycles. The fourth-order valence-electron chi connectivity index (χ4n) is 3.46. The minimum absolute atomic E-state index is 0.199. The van der Waals surface area contributed by atoms with Gasteiger partial charge in [0.2, 0.25) is 0 Å². The first kappa shape index (κ1) is 21.4. The lowest BCUT2D eigenvalue weighted by molar-refractivity contribution is -0.132. The molecule has 5 heteroatoms. The van der Waals surface area contributed by atoms with E-state index in [1.165, 1.54) is 25.4 Å². The van der Waals surface area contributed by atoms with Gasteiger partial charge in [0.1, 0.15) is 19.5 Å². The maximum Gasteiger partial charge on any atom is 0.360 e. The van der Waals surface area contributed by atoms with Crippen LogP contribution >= 0.6 is 0 Å². The Balaban J connectivity index is 1.81. The zero-order valence-corrected chi connectivity index (χ0v) is 17.9. The van der Waals surface area contributed by atoms with Gasteiger partial charge in [-0.2, -0.15) is 0 Å². The normalized spacial score (nSPS) is 14.6. The van der Waals surface area contributed by atoms with Crippen molar-refractivity contribution in [3.63, 3.8) is 0 Å². The van der Waals surface area contributed by atoms with Crippen LogP contribution in [0.4, 0.5) is 0 Å². The number of methoxy groups -OCH3 is 1. The molecule has 1 aliphatic rings. The Bertz CT molecular complexity index is 986. The van der Waals surface area contributed by atoms with Crippen molar-refractivity contribution in [1.29, 1.82) is 0 Å². The number of ether oxygens (including phenoxy) is 2. The molecule has 0 aliphatic heterocycles. The van der Waals surface area contributed by atoms with E-state index < -0.39 is 5.97 Å². The second-order valence-corrected chi connectivity index (χ2v) is 7.29. The van der Waals surface area contributed by atoms with Crippen molar-refractivity contribution in [2.75, 3.05) is 20.8 Å². The van der Waals surface area contributed by atoms with Crippen LogP contribution in [0.15, 0.2) is 82.0 Å². The predicted molar refractivity (Wildman–Crippen MR) is 118 cm³/mol. The van der Waals surface area contributed by atoms with E-state index in [4.69, 9.17) is 14.3 Å². The molecular formula is C25H27NO4. The van der Waals surface area contributed by atoms with Crippen LogP contribution < -0.4 is 4.74 Å². The van der Waals surface area contributed by atoms with Crippen molar-refractivity contribution in [3.05, 3.63) is 76.9 Å². The minimum atomic E-state index is -0.510. The van der Waals surface area contributed by atoms with E-state index in [0.29, 0.717) is 13.0 Å². The third-order valence-corrected chi connectivity index (χ3v) is 5.30. The largest absolute Gasteiger partial charge is 0.489 e. The number of benzene rings is 2. The molecule has 3 rings (SSSR count). The molecule has 0 amide bonds. The third-order valence-electron chi connectivity index (χ3n) is 5.30. The van der Waals surface area contributed by atoms with Crippen LogP contribution in [0.25, 0.3) is 11.1 Å². The number of rotatable bonds is 7. The van der Waals surface area contributed by atoms with Gasteiger partial charge in [0, 0.05) is 0 Å². The summed E-state index contributed by atoms with van der Waals surface area (Å²) in [7, 11) is 2.76. The summed E-state index contributed by atoms with van der Waals surface area (Å²) in [6.45, 7) is 4.54. The highest BCUT2D eigenvalue weighted by atomic mass is 16.6. The SMILES string of the molecule is CO/N=C(\C(=O)OC)C1=C(COc2ccc(-c3ccccc3)cc2)CC(C)=C(C)C1. The van der Waals surface area contributed by atoms with Gasteiger partial charge in [-0.25, -0.2) is 4.79 Å². The van der Waals surface area contributed by atoms with Gasteiger partial charge in [0.25, 0.3) is 0 Å². The molecule has 0 radical (unpaired) electrons. The Morgan fingerprint density at radius 1 is 0.900 bits per heavy atom. The fourth-order valence-corrected chi connectivity index (χ4v) is 3.46. The molecule has 0 bridgehead atoms. The monoisotopic (exact) mass is 405 g/mol. The van der Waals surface area contributed by atoms with Crippen LogP contribution in [0, 0.1) is 0 Å². The van der Waals surface area contributed by atoms with Gasteiger partial charge in [0.15, 0.2) is 5.71 Å². The maximum atomic E-state index is 12.3. The van der Waals surface area contributed by atoms with E-state index in [-0.39, 0.29) is 5.71 Å². The molecule has 2 aromatic carbocycles. The molecule has 0 fully saturated rings. The first-order valence-electron chi connectivity index (χ1n) is 9.87. The van der Waals surface area contributed by atoms with Gasteiger partial charge in [-0.1, -0.05) is 58.8 Å². The molecule has 0 saturated carbocycles. The summed E-state index contributed by atoms with van der Waals surface area (Å²) in [4.78, 5) is 17.2. The van der Waals surface area contributed by atoms with E-state index in [1.807, 2.05) is 42.5 Å². The quantitative estimate of drug-likeness (QED) is 0.270. The van der Waals surface area contributed by atoms with Gasteiger partial charge in [-0.15, -0.1) is 0 Å². The molecule has 30 heavy (non-hydrogen) atoms. The second-order valence-electron chi connectivity index (χ2n) is 7.29. The van der Waals surface area contributed by atoms with Crippen LogP contribution in [-0.2, 0) is 14.4 Å². The first-order valence-corrected chi connectivity index (χ1v) is 9.87. The molecule has 0 N–H and O–H groups in total. The van der Waals surface area contributed by atoms with E-state index >= 15 is 0 Å². The van der Waals surface area contributed by atoms with E-state index in [1.54, 1.807) is 0 Å². The lowest BCUT2D eigenvalue weighted by Gasteiger charge is -2.23. The average Bonchev–Trinajstić information content (AvgIpc) is 2.78. The Kier molecular flexibility index (Phi) is 7.07. The van der Waals surface area contributed by atoms with Gasteiger partial charge >= 0.3 is 5.97 Å². The van der Waals surface area contributed by atoms with Gasteiger partial charge < -0.3 is 14.3 Å². The van der Waals surface area contributed by atoms with Gasteiger partial charge in [0.05, 0.1) is 7.11 Å². The van der Waals surface area contributed by atoms with Crippen molar-refractivity contribution in [2.24, 2.45) is 5.16 Å². The number of oxime groups is 1. The highest BCUT2D eigenvalue weighted by Gasteiger charge is 2.26. The molecule has 0 aromatic heterocycles. The third kappa shape index (κ3) is 4.98. The number of allylic oxidation sites excluding steroid dienone is 2. The van der Waals surface area contributed by atoms with E-state index in [9.17, 15) is 4.79 Å². The molecule has 2 aromatic rings. The summed E-state index contributed by atoms with van der Waals surface area (Å²) in [5, 5.41) is 3.93. The summed E-state index contributed by atoms with van der Waals surface area (Å²) < 4.78 is 11.0. The number of carbonyl (C=O) groups excluding carboxylic acids is 1. The van der Waals surface area contributed by atoms with Crippen molar-refractivity contribution in [2.45, 2.75) is 26.7 Å². The van der Waals surface area contributed by atoms with E-state index in [0.717, 1.165) is 34.4 Å². The zero-order chi connectivity index (χ0) is 21.5. The molecule has 0 heterocycles. The smallest absolute Gasteiger partial charge is 0.360 e. The van der Waals surface area contributed by atoms with Crippen LogP contribution in [-0.4, -0.2) is 32.5 Å². The number of carbonyl (C=O) groups is 1. The van der Waals surface area contributed by atoms with Crippen molar-refractivity contribution < 1.29 is 19.1 Å². The Morgan fingerprint density at radius 2 is 1.53 bits per heavy atom. The minimum Gasteiger partial charge on any atom is -0.489 e. The average molecular weight is 405 g/mol. The van der Waals surface area contributed by atoms with Crippen molar-refractivity contribution in [1.82, 2.24) is 0 Å². The van der Waals surface area contributed by atoms with Gasteiger partial charge in [-0.05, 0) is 61.1 Å². The maximum absolute atomic E-state index is 12.3. The Morgan fingerprint density at radius 3 is 2.17 bits per heavy atom. The number of hydrogen-bond donors (Lipinski definition) is 0. The number of nitrogens with zero attached hydrogens (tertiary/aromatic N) is 1. The second kappa shape index (κ2) is 9.92. The molecular weight excluding hydrogens is 378 g/mol. The van der Waals surface area contributed by atoms with Crippen molar-refractivity contribution in [3.8, 4) is 16.9 Å². The fraction of sp³-hybridized carbons (Fsp3) is 0.280. The topological polar surface area (TPSA) is 57.1 Å².